The molecule has 1 saturated heterocycles. The molecule has 0 spiro atoms. The summed E-state index contributed by atoms with van der Waals surface area (Å²) < 4.78 is 0. The van der Waals surface area contributed by atoms with Crippen molar-refractivity contribution < 1.29 is 0 Å². The van der Waals surface area contributed by atoms with Gasteiger partial charge in [0.15, 0.2) is 6.71 Å². The second-order valence-electron chi connectivity index (χ2n) is 13.0. The number of hydrogen-bond donors (Lipinski definition) is 0. The van der Waals surface area contributed by atoms with Crippen LogP contribution in [0.2, 0.25) is 12.6 Å². The molecule has 6 rings (SSSR count). The smallest absolute Gasteiger partial charge is 0.176 e. The molecule has 0 aromatic heterocycles. The summed E-state index contributed by atoms with van der Waals surface area (Å²) >= 11 is 0. The Morgan fingerprint density at radius 1 is 0.541 bits per heavy atom. The minimum atomic E-state index is -0.0423. The summed E-state index contributed by atoms with van der Waals surface area (Å²) in [6.45, 7) is 15.3. The number of rotatable bonds is 4. The predicted molar refractivity (Wildman–Crippen MR) is 161 cm³/mol. The molecule has 0 bridgehead atoms. The molecule has 0 amide bonds. The number of fused-ring (bicyclic) bond motifs is 3. The van der Waals surface area contributed by atoms with Gasteiger partial charge in [0.25, 0.3) is 0 Å². The molecule has 0 radical (unpaired) electrons. The van der Waals surface area contributed by atoms with E-state index in [1.807, 2.05) is 0 Å². The lowest BCUT2D eigenvalue weighted by Crippen LogP contribution is -2.29. The number of para-hydroxylation sites is 2. The fraction of sp³-hybridized carbons (Fsp3) is 0.314. The van der Waals surface area contributed by atoms with Gasteiger partial charge >= 0.3 is 0 Å². The van der Waals surface area contributed by atoms with Crippen molar-refractivity contribution >= 4 is 29.2 Å². The Bertz CT molecular complexity index is 1390. The van der Waals surface area contributed by atoms with E-state index in [1.54, 1.807) is 0 Å². The lowest BCUT2D eigenvalue weighted by atomic mass is 9.42. The molecule has 1 aliphatic carbocycles. The zero-order valence-corrected chi connectivity index (χ0v) is 23.2. The Hall–Kier alpha value is -3.26. The van der Waals surface area contributed by atoms with Crippen molar-refractivity contribution in [1.29, 1.82) is 0 Å². The predicted octanol–water partition coefficient (Wildman–Crippen LogP) is 9.23. The maximum atomic E-state index is 2.54. The number of hydrogen-bond acceptors (Lipinski definition) is 1. The van der Waals surface area contributed by atoms with E-state index in [4.69, 9.17) is 0 Å². The van der Waals surface area contributed by atoms with E-state index in [0.29, 0.717) is 17.5 Å². The van der Waals surface area contributed by atoms with E-state index in [0.717, 1.165) is 0 Å². The summed E-state index contributed by atoms with van der Waals surface area (Å²) in [7, 11) is 0. The molecule has 0 N–H and O–H groups in total. The second-order valence-corrected chi connectivity index (χ2v) is 13.0. The summed E-state index contributed by atoms with van der Waals surface area (Å²) in [5.41, 5.74) is 11.4. The van der Waals surface area contributed by atoms with Gasteiger partial charge in [-0.15, -0.1) is 0 Å². The average Bonchev–Trinajstić information content (AvgIpc) is 3.25. The van der Waals surface area contributed by atoms with Crippen LogP contribution in [0.1, 0.15) is 52.7 Å². The fourth-order valence-electron chi connectivity index (χ4n) is 6.83. The Morgan fingerprint density at radius 3 is 1.57 bits per heavy atom. The van der Waals surface area contributed by atoms with Crippen LogP contribution in [0.25, 0.3) is 11.1 Å². The SMILES string of the molecule is CC1(C)c2cc(B3CC(C)(C)C(C)(C)C3)ccc2-c2ccc(N(c3ccccc3)c3ccccc3)cc21. The van der Waals surface area contributed by atoms with Gasteiger partial charge in [0, 0.05) is 22.5 Å². The number of benzene rings is 4. The Kier molecular flexibility index (Phi) is 5.46. The largest absolute Gasteiger partial charge is 0.310 e. The first kappa shape index (κ1) is 24.1. The van der Waals surface area contributed by atoms with Gasteiger partial charge in [0.05, 0.1) is 0 Å². The molecule has 4 aromatic carbocycles. The normalized spacial score (nSPS) is 18.4. The number of anilines is 3. The van der Waals surface area contributed by atoms with E-state index < -0.39 is 0 Å². The minimum Gasteiger partial charge on any atom is -0.310 e. The zero-order valence-electron chi connectivity index (χ0n) is 23.2. The maximum absolute atomic E-state index is 2.54. The van der Waals surface area contributed by atoms with Crippen molar-refractivity contribution in [3.8, 4) is 11.1 Å². The molecule has 4 aromatic rings. The van der Waals surface area contributed by atoms with E-state index >= 15 is 0 Å². The molecule has 1 nitrogen and oxygen atoms in total. The van der Waals surface area contributed by atoms with Crippen LogP contribution in [0.3, 0.4) is 0 Å². The molecule has 1 heterocycles. The molecular weight excluding hydrogens is 445 g/mol. The molecule has 186 valence electrons. The van der Waals surface area contributed by atoms with Crippen molar-refractivity contribution in [3.63, 3.8) is 0 Å². The van der Waals surface area contributed by atoms with Crippen LogP contribution in [0, 0.1) is 10.8 Å². The maximum Gasteiger partial charge on any atom is 0.176 e. The van der Waals surface area contributed by atoms with Crippen molar-refractivity contribution in [2.24, 2.45) is 10.8 Å². The molecule has 2 aliphatic rings. The minimum absolute atomic E-state index is 0.0423. The average molecular weight is 484 g/mol. The molecule has 2 heteroatoms. The highest BCUT2D eigenvalue weighted by Gasteiger charge is 2.48. The molecular formula is C35H38BN. The van der Waals surface area contributed by atoms with Crippen LogP contribution in [0.5, 0.6) is 0 Å². The summed E-state index contributed by atoms with van der Waals surface area (Å²) in [5.74, 6) is 0. The van der Waals surface area contributed by atoms with Crippen molar-refractivity contribution in [2.45, 2.75) is 59.6 Å². The van der Waals surface area contributed by atoms with Crippen LogP contribution < -0.4 is 10.4 Å². The van der Waals surface area contributed by atoms with E-state index in [-0.39, 0.29) is 5.41 Å². The monoisotopic (exact) mass is 483 g/mol. The highest BCUT2D eigenvalue weighted by Crippen LogP contribution is 2.54. The summed E-state index contributed by atoms with van der Waals surface area (Å²) in [5, 5.41) is 0. The third-order valence-corrected chi connectivity index (χ3v) is 9.79. The standard InChI is InChI=1S/C35H38BN/c1-33(2)23-36(24-34(33,3)4)25-17-19-29-30-20-18-28(22-32(30)35(5,6)31(29)21-25)37(26-13-9-7-10-14-26)27-15-11-8-12-16-27/h7-22H,23-24H2,1-6H3. The quantitative estimate of drug-likeness (QED) is 0.262. The van der Waals surface area contributed by atoms with E-state index in [2.05, 4.69) is 144 Å². The highest BCUT2D eigenvalue weighted by atomic mass is 15.1. The van der Waals surface area contributed by atoms with Crippen molar-refractivity contribution in [1.82, 2.24) is 0 Å². The molecule has 1 aliphatic heterocycles. The van der Waals surface area contributed by atoms with E-state index in [1.165, 1.54) is 57.4 Å². The first-order valence-electron chi connectivity index (χ1n) is 13.8. The van der Waals surface area contributed by atoms with Crippen molar-refractivity contribution in [3.05, 3.63) is 108 Å². The third-order valence-electron chi connectivity index (χ3n) is 9.79. The first-order chi connectivity index (χ1) is 17.6. The van der Waals surface area contributed by atoms with E-state index in [9.17, 15) is 0 Å². The topological polar surface area (TPSA) is 3.24 Å². The van der Waals surface area contributed by atoms with Crippen LogP contribution in [0.4, 0.5) is 17.1 Å². The molecule has 0 unspecified atom stereocenters. The van der Waals surface area contributed by atoms with Gasteiger partial charge in [0.1, 0.15) is 0 Å². The fourth-order valence-corrected chi connectivity index (χ4v) is 6.83. The second kappa shape index (κ2) is 8.38. The summed E-state index contributed by atoms with van der Waals surface area (Å²) in [6, 6.07) is 35.8. The highest BCUT2D eigenvalue weighted by molar-refractivity contribution is 6.74. The first-order valence-corrected chi connectivity index (χ1v) is 13.8. The lowest BCUT2D eigenvalue weighted by molar-refractivity contribution is 0.177. The van der Waals surface area contributed by atoms with Crippen LogP contribution >= 0.6 is 0 Å². The molecule has 0 atom stereocenters. The summed E-state index contributed by atoms with van der Waals surface area (Å²) in [4.78, 5) is 2.37. The third kappa shape index (κ3) is 3.84. The van der Waals surface area contributed by atoms with Gasteiger partial charge in [-0.1, -0.05) is 120 Å². The van der Waals surface area contributed by atoms with Gasteiger partial charge in [-0.25, -0.2) is 0 Å². The number of nitrogens with zero attached hydrogens (tertiary/aromatic N) is 1. The van der Waals surface area contributed by atoms with Gasteiger partial charge in [-0.05, 0) is 69.5 Å². The van der Waals surface area contributed by atoms with Crippen molar-refractivity contribution in [2.75, 3.05) is 4.90 Å². The zero-order chi connectivity index (χ0) is 26.0. The molecule has 37 heavy (non-hydrogen) atoms. The Balaban J connectivity index is 1.42. The Morgan fingerprint density at radius 2 is 1.03 bits per heavy atom. The molecule has 1 fully saturated rings. The van der Waals surface area contributed by atoms with Gasteiger partial charge in [0.2, 0.25) is 0 Å². The molecule has 0 saturated carbocycles. The van der Waals surface area contributed by atoms with Gasteiger partial charge < -0.3 is 4.90 Å². The lowest BCUT2D eigenvalue weighted by Gasteiger charge is -2.35. The van der Waals surface area contributed by atoms with Gasteiger partial charge in [-0.3, -0.25) is 0 Å². The van der Waals surface area contributed by atoms with Crippen LogP contribution in [0.15, 0.2) is 97.1 Å². The Labute approximate surface area is 223 Å². The van der Waals surface area contributed by atoms with Crippen LogP contribution in [-0.2, 0) is 5.41 Å². The summed E-state index contributed by atoms with van der Waals surface area (Å²) in [6.07, 6.45) is 2.53. The van der Waals surface area contributed by atoms with Gasteiger partial charge in [-0.2, -0.15) is 0 Å². The van der Waals surface area contributed by atoms with Crippen LogP contribution in [-0.4, -0.2) is 6.71 Å².